The van der Waals surface area contributed by atoms with Crippen LogP contribution in [0, 0.1) is 17.0 Å². The van der Waals surface area contributed by atoms with Gasteiger partial charge >= 0.3 is 5.97 Å². The first kappa shape index (κ1) is 25.4. The average molecular weight is 572 g/mol. The van der Waals surface area contributed by atoms with Gasteiger partial charge < -0.3 is 14.2 Å². The highest BCUT2D eigenvalue weighted by Gasteiger charge is 2.26. The second-order valence-electron chi connectivity index (χ2n) is 7.77. The molecule has 184 valence electrons. The number of nitro benzene ring substituents is 1. The SMILES string of the molecule is CCOc1cc(/C=C2\N=C(c3ccc(C)c([N+](=O)[O-])c3)OC2=O)cc(Br)c1OCc1ccc(Cl)cc1. The van der Waals surface area contributed by atoms with Crippen molar-refractivity contribution in [2.45, 2.75) is 20.5 Å². The Morgan fingerprint density at radius 1 is 1.14 bits per heavy atom. The molecule has 3 aromatic carbocycles. The number of carbonyl (C=O) groups is 1. The van der Waals surface area contributed by atoms with Gasteiger partial charge in [-0.15, -0.1) is 0 Å². The average Bonchev–Trinajstić information content (AvgIpc) is 3.20. The Morgan fingerprint density at radius 3 is 2.58 bits per heavy atom. The van der Waals surface area contributed by atoms with Crippen molar-refractivity contribution < 1.29 is 23.9 Å². The smallest absolute Gasteiger partial charge is 0.363 e. The maximum absolute atomic E-state index is 12.5. The quantitative estimate of drug-likeness (QED) is 0.130. The molecule has 0 spiro atoms. The molecule has 1 aliphatic rings. The minimum atomic E-state index is -0.662. The second kappa shape index (κ2) is 10.9. The van der Waals surface area contributed by atoms with Gasteiger partial charge in [0.1, 0.15) is 6.61 Å². The van der Waals surface area contributed by atoms with E-state index in [0.29, 0.717) is 50.9 Å². The van der Waals surface area contributed by atoms with Gasteiger partial charge in [0.2, 0.25) is 5.90 Å². The standard InChI is InChI=1S/C26H20BrClN2O6/c1-3-34-23-12-17(10-20(27)24(23)35-14-16-5-8-19(28)9-6-16)11-21-26(31)36-25(29-21)18-7-4-15(2)22(13-18)30(32)33/h4-13H,3,14H2,1-2H3/b21-11-. The van der Waals surface area contributed by atoms with E-state index in [9.17, 15) is 14.9 Å². The lowest BCUT2D eigenvalue weighted by Gasteiger charge is -2.15. The fraction of sp³-hybridized carbons (Fsp3) is 0.154. The van der Waals surface area contributed by atoms with Gasteiger partial charge in [-0.1, -0.05) is 29.8 Å². The number of aryl methyl sites for hydroxylation is 1. The molecule has 0 fully saturated rings. The summed E-state index contributed by atoms with van der Waals surface area (Å²) in [5, 5.41) is 11.9. The van der Waals surface area contributed by atoms with Gasteiger partial charge in [-0.2, -0.15) is 0 Å². The van der Waals surface area contributed by atoms with E-state index < -0.39 is 10.9 Å². The molecule has 0 aliphatic carbocycles. The van der Waals surface area contributed by atoms with Gasteiger partial charge in [0, 0.05) is 22.2 Å². The molecule has 1 heterocycles. The predicted molar refractivity (Wildman–Crippen MR) is 140 cm³/mol. The Bertz CT molecular complexity index is 1400. The van der Waals surface area contributed by atoms with Crippen LogP contribution < -0.4 is 9.47 Å². The summed E-state index contributed by atoms with van der Waals surface area (Å²) in [7, 11) is 0. The second-order valence-corrected chi connectivity index (χ2v) is 9.06. The lowest BCUT2D eigenvalue weighted by atomic mass is 10.1. The van der Waals surface area contributed by atoms with Crippen LogP contribution in [0.3, 0.4) is 0 Å². The Hall–Kier alpha value is -3.69. The van der Waals surface area contributed by atoms with E-state index in [1.807, 2.05) is 19.1 Å². The normalized spacial score (nSPS) is 13.9. The Kier molecular flexibility index (Phi) is 7.71. The highest BCUT2D eigenvalue weighted by Crippen LogP contribution is 2.38. The Morgan fingerprint density at radius 2 is 1.89 bits per heavy atom. The largest absolute Gasteiger partial charge is 0.490 e. The Labute approximate surface area is 220 Å². The first-order valence-electron chi connectivity index (χ1n) is 10.9. The summed E-state index contributed by atoms with van der Waals surface area (Å²) in [4.78, 5) is 27.5. The summed E-state index contributed by atoms with van der Waals surface area (Å²) < 4.78 is 17.7. The molecule has 4 rings (SSSR count). The topological polar surface area (TPSA) is 100 Å². The molecule has 3 aromatic rings. The Balaban J connectivity index is 1.62. The van der Waals surface area contributed by atoms with Gasteiger partial charge in [-0.3, -0.25) is 10.1 Å². The third-order valence-corrected chi connectivity index (χ3v) is 6.05. The zero-order chi connectivity index (χ0) is 25.8. The molecule has 36 heavy (non-hydrogen) atoms. The van der Waals surface area contributed by atoms with Crippen molar-refractivity contribution >= 4 is 51.2 Å². The molecular weight excluding hydrogens is 552 g/mol. The van der Waals surface area contributed by atoms with Crippen LogP contribution in [0.5, 0.6) is 11.5 Å². The number of nitrogens with zero attached hydrogens (tertiary/aromatic N) is 2. The lowest BCUT2D eigenvalue weighted by molar-refractivity contribution is -0.385. The predicted octanol–water partition coefficient (Wildman–Crippen LogP) is 6.64. The van der Waals surface area contributed by atoms with Crippen LogP contribution in [-0.2, 0) is 16.1 Å². The summed E-state index contributed by atoms with van der Waals surface area (Å²) in [5.41, 5.74) is 2.37. The molecule has 0 unspecified atom stereocenters. The van der Waals surface area contributed by atoms with Crippen molar-refractivity contribution in [3.05, 3.63) is 102 Å². The number of aliphatic imine (C=N–C) groups is 1. The molecule has 10 heteroatoms. The van der Waals surface area contributed by atoms with E-state index in [0.717, 1.165) is 5.56 Å². The third-order valence-electron chi connectivity index (χ3n) is 5.20. The van der Waals surface area contributed by atoms with Crippen LogP contribution in [0.2, 0.25) is 5.02 Å². The third kappa shape index (κ3) is 5.75. The molecule has 0 aromatic heterocycles. The monoisotopic (exact) mass is 570 g/mol. The summed E-state index contributed by atoms with van der Waals surface area (Å²) in [6.45, 7) is 4.19. The highest BCUT2D eigenvalue weighted by molar-refractivity contribution is 9.10. The number of nitro groups is 1. The number of esters is 1. The molecule has 0 saturated carbocycles. The zero-order valence-corrected chi connectivity index (χ0v) is 21.6. The van der Waals surface area contributed by atoms with Crippen molar-refractivity contribution in [1.82, 2.24) is 0 Å². The summed E-state index contributed by atoms with van der Waals surface area (Å²) in [6.07, 6.45) is 1.55. The lowest BCUT2D eigenvalue weighted by Crippen LogP contribution is -2.06. The van der Waals surface area contributed by atoms with Gasteiger partial charge in [0.15, 0.2) is 17.2 Å². The highest BCUT2D eigenvalue weighted by atomic mass is 79.9. The molecule has 0 saturated heterocycles. The van der Waals surface area contributed by atoms with Crippen molar-refractivity contribution in [1.29, 1.82) is 0 Å². The molecule has 0 radical (unpaired) electrons. The van der Waals surface area contributed by atoms with Crippen LogP contribution in [0.15, 0.2) is 69.8 Å². The fourth-order valence-electron chi connectivity index (χ4n) is 3.44. The summed E-state index contributed by atoms with van der Waals surface area (Å²) >= 11 is 9.47. The number of rotatable bonds is 8. The van der Waals surface area contributed by atoms with Crippen LogP contribution in [0.1, 0.15) is 29.2 Å². The summed E-state index contributed by atoms with van der Waals surface area (Å²) in [6, 6.07) is 15.4. The number of cyclic esters (lactones) is 1. The van der Waals surface area contributed by atoms with E-state index in [2.05, 4.69) is 20.9 Å². The molecular formula is C26H20BrClN2O6. The van der Waals surface area contributed by atoms with E-state index in [1.165, 1.54) is 6.07 Å². The maximum Gasteiger partial charge on any atom is 0.363 e. The van der Waals surface area contributed by atoms with Crippen molar-refractivity contribution in [3.8, 4) is 11.5 Å². The van der Waals surface area contributed by atoms with E-state index in [-0.39, 0.29) is 17.3 Å². The number of benzene rings is 3. The van der Waals surface area contributed by atoms with Gasteiger partial charge in [-0.05, 0) is 77.3 Å². The van der Waals surface area contributed by atoms with E-state index in [4.69, 9.17) is 25.8 Å². The van der Waals surface area contributed by atoms with Crippen molar-refractivity contribution in [3.63, 3.8) is 0 Å². The van der Waals surface area contributed by atoms with Gasteiger partial charge in [0.25, 0.3) is 5.69 Å². The van der Waals surface area contributed by atoms with Crippen LogP contribution in [0.25, 0.3) is 6.08 Å². The molecule has 0 bridgehead atoms. The van der Waals surface area contributed by atoms with Crippen LogP contribution in [0.4, 0.5) is 5.69 Å². The summed E-state index contributed by atoms with van der Waals surface area (Å²) in [5.74, 6) is 0.336. The molecule has 1 aliphatic heterocycles. The van der Waals surface area contributed by atoms with Crippen LogP contribution in [-0.4, -0.2) is 23.4 Å². The minimum Gasteiger partial charge on any atom is -0.490 e. The number of hydrogen-bond donors (Lipinski definition) is 0. The first-order chi connectivity index (χ1) is 17.2. The van der Waals surface area contributed by atoms with Crippen LogP contribution >= 0.6 is 27.5 Å². The van der Waals surface area contributed by atoms with Crippen molar-refractivity contribution in [2.75, 3.05) is 6.61 Å². The van der Waals surface area contributed by atoms with E-state index >= 15 is 0 Å². The molecule has 0 amide bonds. The molecule has 8 nitrogen and oxygen atoms in total. The number of ether oxygens (including phenoxy) is 3. The minimum absolute atomic E-state index is 0.00126. The number of carbonyl (C=O) groups excluding carboxylic acids is 1. The van der Waals surface area contributed by atoms with E-state index in [1.54, 1.807) is 49.4 Å². The van der Waals surface area contributed by atoms with Gasteiger partial charge in [-0.25, -0.2) is 9.79 Å². The molecule has 0 N–H and O–H groups in total. The molecule has 0 atom stereocenters. The number of halogens is 2. The number of hydrogen-bond acceptors (Lipinski definition) is 7. The zero-order valence-electron chi connectivity index (χ0n) is 19.3. The maximum atomic E-state index is 12.5. The van der Waals surface area contributed by atoms with Gasteiger partial charge in [0.05, 0.1) is 16.0 Å². The fourth-order valence-corrected chi connectivity index (χ4v) is 4.14. The first-order valence-corrected chi connectivity index (χ1v) is 12.0. The van der Waals surface area contributed by atoms with Crippen molar-refractivity contribution in [2.24, 2.45) is 4.99 Å².